The summed E-state index contributed by atoms with van der Waals surface area (Å²) in [6, 6.07) is 1.39. The normalized spacial score (nSPS) is 29.5. The van der Waals surface area contributed by atoms with Crippen molar-refractivity contribution in [2.45, 2.75) is 102 Å². The molecule has 0 N–H and O–H groups in total. The van der Waals surface area contributed by atoms with Crippen molar-refractivity contribution >= 4 is 5.78 Å². The zero-order chi connectivity index (χ0) is 15.1. The summed E-state index contributed by atoms with van der Waals surface area (Å²) in [6.07, 6.45) is 16.3. The highest BCUT2D eigenvalue weighted by Gasteiger charge is 2.38. The van der Waals surface area contributed by atoms with Crippen LogP contribution in [0.5, 0.6) is 0 Å². The molecule has 0 amide bonds. The first-order chi connectivity index (χ1) is 10.2. The van der Waals surface area contributed by atoms with Gasteiger partial charge in [0.2, 0.25) is 0 Å². The Balaban J connectivity index is 1.60. The topological polar surface area (TPSA) is 20.3 Å². The molecule has 2 rings (SSSR count). The largest absolute Gasteiger partial charge is 0.300 e. The lowest BCUT2D eigenvalue weighted by molar-refractivity contribution is -0.126. The summed E-state index contributed by atoms with van der Waals surface area (Å²) in [5.74, 6) is 0.963. The first kappa shape index (κ1) is 17.0. The van der Waals surface area contributed by atoms with Crippen molar-refractivity contribution in [3.05, 3.63) is 0 Å². The van der Waals surface area contributed by atoms with Crippen LogP contribution in [0.4, 0.5) is 0 Å². The van der Waals surface area contributed by atoms with Crippen LogP contribution in [0.2, 0.25) is 0 Å². The number of unbranched alkanes of at least 4 members (excludes halogenated alkanes) is 6. The molecule has 0 aromatic carbocycles. The van der Waals surface area contributed by atoms with Crippen molar-refractivity contribution in [2.24, 2.45) is 5.92 Å². The van der Waals surface area contributed by atoms with E-state index in [0.717, 1.165) is 25.7 Å². The standard InChI is InChI=1S/C19H35NO/c1-3-4-5-6-7-8-9-13-19(21)16-14-17-11-10-12-18(15-16)20(17)2/h16-18H,3-15H2,1-2H3. The van der Waals surface area contributed by atoms with Crippen LogP contribution in [-0.2, 0) is 4.79 Å². The lowest BCUT2D eigenvalue weighted by Gasteiger charge is -2.46. The number of rotatable bonds is 9. The number of carbonyl (C=O) groups is 1. The van der Waals surface area contributed by atoms with E-state index in [2.05, 4.69) is 18.9 Å². The summed E-state index contributed by atoms with van der Waals surface area (Å²) < 4.78 is 0. The maximum atomic E-state index is 12.5. The van der Waals surface area contributed by atoms with Crippen LogP contribution in [0.15, 0.2) is 0 Å². The van der Waals surface area contributed by atoms with E-state index in [1.54, 1.807) is 0 Å². The van der Waals surface area contributed by atoms with Crippen LogP contribution < -0.4 is 0 Å². The Labute approximate surface area is 131 Å². The quantitative estimate of drug-likeness (QED) is 0.560. The second-order valence-electron chi connectivity index (χ2n) is 7.41. The monoisotopic (exact) mass is 293 g/mol. The van der Waals surface area contributed by atoms with Gasteiger partial charge in [0.15, 0.2) is 0 Å². The first-order valence-corrected chi connectivity index (χ1v) is 9.47. The fourth-order valence-electron chi connectivity index (χ4n) is 4.34. The Bertz CT molecular complexity index is 301. The van der Waals surface area contributed by atoms with Crippen molar-refractivity contribution in [1.29, 1.82) is 0 Å². The van der Waals surface area contributed by atoms with Crippen molar-refractivity contribution in [2.75, 3.05) is 7.05 Å². The predicted molar refractivity (Wildman–Crippen MR) is 89.5 cm³/mol. The Kier molecular flexibility index (Phi) is 7.22. The van der Waals surface area contributed by atoms with Gasteiger partial charge in [-0.1, -0.05) is 51.9 Å². The Morgan fingerprint density at radius 3 is 2.14 bits per heavy atom. The summed E-state index contributed by atoms with van der Waals surface area (Å²) in [7, 11) is 2.27. The number of hydrogen-bond donors (Lipinski definition) is 0. The van der Waals surface area contributed by atoms with Gasteiger partial charge in [0.1, 0.15) is 5.78 Å². The molecule has 0 spiro atoms. The van der Waals surface area contributed by atoms with Gasteiger partial charge in [-0.25, -0.2) is 0 Å². The highest BCUT2D eigenvalue weighted by atomic mass is 16.1. The van der Waals surface area contributed by atoms with Gasteiger partial charge in [-0.3, -0.25) is 4.79 Å². The second kappa shape index (κ2) is 8.92. The van der Waals surface area contributed by atoms with Crippen molar-refractivity contribution in [3.63, 3.8) is 0 Å². The number of ketones is 1. The van der Waals surface area contributed by atoms with Crippen LogP contribution in [0.25, 0.3) is 0 Å². The fraction of sp³-hybridized carbons (Fsp3) is 0.947. The van der Waals surface area contributed by atoms with E-state index < -0.39 is 0 Å². The summed E-state index contributed by atoms with van der Waals surface area (Å²) in [6.45, 7) is 2.26. The number of Topliss-reactive ketones (excluding diaryl/α,β-unsaturated/α-hetero) is 1. The molecule has 2 saturated heterocycles. The molecule has 122 valence electrons. The predicted octanol–water partition coefficient (Wildman–Crippen LogP) is 4.96. The van der Waals surface area contributed by atoms with Crippen LogP contribution in [-0.4, -0.2) is 29.8 Å². The first-order valence-electron chi connectivity index (χ1n) is 9.47. The molecule has 0 saturated carbocycles. The maximum Gasteiger partial charge on any atom is 0.136 e. The van der Waals surface area contributed by atoms with E-state index >= 15 is 0 Å². The van der Waals surface area contributed by atoms with Crippen LogP contribution in [0, 0.1) is 5.92 Å². The molecule has 0 radical (unpaired) electrons. The Morgan fingerprint density at radius 2 is 1.52 bits per heavy atom. The van der Waals surface area contributed by atoms with Gasteiger partial charge >= 0.3 is 0 Å². The van der Waals surface area contributed by atoms with Gasteiger partial charge in [-0.2, -0.15) is 0 Å². The lowest BCUT2D eigenvalue weighted by Crippen LogP contribution is -2.51. The Morgan fingerprint density at radius 1 is 0.952 bits per heavy atom. The van der Waals surface area contributed by atoms with E-state index in [1.165, 1.54) is 57.8 Å². The molecule has 2 aliphatic rings. The van der Waals surface area contributed by atoms with E-state index in [1.807, 2.05) is 0 Å². The summed E-state index contributed by atoms with van der Waals surface area (Å²) >= 11 is 0. The van der Waals surface area contributed by atoms with E-state index in [0.29, 0.717) is 23.8 Å². The van der Waals surface area contributed by atoms with Gasteiger partial charge in [-0.15, -0.1) is 0 Å². The Hall–Kier alpha value is -0.370. The lowest BCUT2D eigenvalue weighted by atomic mass is 9.76. The molecular weight excluding hydrogens is 258 g/mol. The molecule has 0 aromatic heterocycles. The van der Waals surface area contributed by atoms with E-state index in [4.69, 9.17) is 0 Å². The molecule has 0 aromatic rings. The SMILES string of the molecule is CCCCCCCCCC(=O)C1CC2CCCC(C1)N2C. The number of hydrogen-bond acceptors (Lipinski definition) is 2. The smallest absolute Gasteiger partial charge is 0.136 e. The number of nitrogens with zero attached hydrogens (tertiary/aromatic N) is 1. The van der Waals surface area contributed by atoms with Gasteiger partial charge < -0.3 is 4.90 Å². The van der Waals surface area contributed by atoms with Crippen molar-refractivity contribution in [3.8, 4) is 0 Å². The average molecular weight is 293 g/mol. The third-order valence-corrected chi connectivity index (χ3v) is 5.82. The van der Waals surface area contributed by atoms with Crippen LogP contribution in [0.3, 0.4) is 0 Å². The highest BCUT2D eigenvalue weighted by molar-refractivity contribution is 5.81. The molecule has 2 atom stereocenters. The van der Waals surface area contributed by atoms with E-state index in [-0.39, 0.29) is 0 Å². The van der Waals surface area contributed by atoms with Crippen molar-refractivity contribution < 1.29 is 4.79 Å². The minimum absolute atomic E-state index is 0.386. The second-order valence-corrected chi connectivity index (χ2v) is 7.41. The zero-order valence-corrected chi connectivity index (χ0v) is 14.3. The zero-order valence-electron chi connectivity index (χ0n) is 14.3. The molecule has 2 heterocycles. The van der Waals surface area contributed by atoms with Crippen LogP contribution >= 0.6 is 0 Å². The summed E-state index contributed by atoms with van der Waals surface area (Å²) in [5, 5.41) is 0. The average Bonchev–Trinajstić information content (AvgIpc) is 2.45. The molecule has 2 nitrogen and oxygen atoms in total. The van der Waals surface area contributed by atoms with Gasteiger partial charge in [0, 0.05) is 24.4 Å². The number of fused-ring (bicyclic) bond motifs is 2. The van der Waals surface area contributed by atoms with E-state index in [9.17, 15) is 4.79 Å². The third kappa shape index (κ3) is 5.09. The molecule has 2 heteroatoms. The minimum Gasteiger partial charge on any atom is -0.300 e. The molecular formula is C19H35NO. The third-order valence-electron chi connectivity index (χ3n) is 5.82. The van der Waals surface area contributed by atoms with Gasteiger partial charge in [-0.05, 0) is 39.2 Å². The number of carbonyl (C=O) groups excluding carboxylic acids is 1. The van der Waals surface area contributed by atoms with Crippen molar-refractivity contribution in [1.82, 2.24) is 4.90 Å². The molecule has 2 aliphatic heterocycles. The molecule has 0 aliphatic carbocycles. The number of piperidine rings is 2. The minimum atomic E-state index is 0.386. The van der Waals surface area contributed by atoms with Gasteiger partial charge in [0.25, 0.3) is 0 Å². The highest BCUT2D eigenvalue weighted by Crippen LogP contribution is 2.36. The van der Waals surface area contributed by atoms with Crippen LogP contribution in [0.1, 0.15) is 90.4 Å². The molecule has 21 heavy (non-hydrogen) atoms. The molecule has 2 bridgehead atoms. The summed E-state index contributed by atoms with van der Waals surface area (Å²) in [5.41, 5.74) is 0. The maximum absolute atomic E-state index is 12.5. The molecule has 2 fully saturated rings. The summed E-state index contributed by atoms with van der Waals surface area (Å²) in [4.78, 5) is 15.0. The molecule has 2 unspecified atom stereocenters. The fourth-order valence-corrected chi connectivity index (χ4v) is 4.34. The van der Waals surface area contributed by atoms with Gasteiger partial charge in [0.05, 0.1) is 0 Å².